The summed E-state index contributed by atoms with van der Waals surface area (Å²) in [6.45, 7) is 3.86. The zero-order chi connectivity index (χ0) is 15.8. The third kappa shape index (κ3) is 3.30. The lowest BCUT2D eigenvalue weighted by Gasteiger charge is -2.35. The first-order valence-corrected chi connectivity index (χ1v) is 9.04. The SMILES string of the molecule is Cc1cc(S(=O)(=O)N2CC(C(N)=O)CCC2C)ccc1Br. The summed E-state index contributed by atoms with van der Waals surface area (Å²) in [4.78, 5) is 11.6. The number of sulfonamides is 1. The highest BCUT2D eigenvalue weighted by molar-refractivity contribution is 9.10. The molecule has 5 nitrogen and oxygen atoms in total. The number of carbonyl (C=O) groups excluding carboxylic acids is 1. The normalized spacial score (nSPS) is 24.0. The standard InChI is InChI=1S/C14H19BrN2O3S/c1-9-7-12(5-6-13(9)15)21(19,20)17-8-11(14(16)18)4-3-10(17)2/h5-7,10-11H,3-4,8H2,1-2H3,(H2,16,18). The molecule has 7 heteroatoms. The highest BCUT2D eigenvalue weighted by atomic mass is 79.9. The van der Waals surface area contributed by atoms with Crippen LogP contribution in [0, 0.1) is 12.8 Å². The van der Waals surface area contributed by atoms with Crippen LogP contribution in [0.1, 0.15) is 25.3 Å². The smallest absolute Gasteiger partial charge is 0.243 e. The van der Waals surface area contributed by atoms with Crippen LogP contribution in [0.2, 0.25) is 0 Å². The lowest BCUT2D eigenvalue weighted by molar-refractivity contribution is -0.123. The molecule has 0 aliphatic carbocycles. The molecular formula is C14H19BrN2O3S. The molecule has 1 saturated heterocycles. The average Bonchev–Trinajstić information content (AvgIpc) is 2.41. The van der Waals surface area contributed by atoms with Gasteiger partial charge >= 0.3 is 0 Å². The van der Waals surface area contributed by atoms with E-state index < -0.39 is 21.8 Å². The lowest BCUT2D eigenvalue weighted by atomic mass is 9.95. The van der Waals surface area contributed by atoms with Gasteiger partial charge in [-0.2, -0.15) is 4.31 Å². The van der Waals surface area contributed by atoms with Gasteiger partial charge in [0.2, 0.25) is 15.9 Å². The number of amides is 1. The zero-order valence-electron chi connectivity index (χ0n) is 12.0. The number of nitrogens with zero attached hydrogens (tertiary/aromatic N) is 1. The first-order chi connectivity index (χ1) is 9.73. The molecule has 21 heavy (non-hydrogen) atoms. The van der Waals surface area contributed by atoms with Crippen molar-refractivity contribution in [3.05, 3.63) is 28.2 Å². The van der Waals surface area contributed by atoms with Crippen LogP contribution in [-0.4, -0.2) is 31.2 Å². The highest BCUT2D eigenvalue weighted by Crippen LogP contribution is 2.29. The predicted molar refractivity (Wildman–Crippen MR) is 84.2 cm³/mol. The largest absolute Gasteiger partial charge is 0.369 e. The van der Waals surface area contributed by atoms with Crippen LogP contribution in [0.5, 0.6) is 0 Å². The Hall–Kier alpha value is -0.920. The topological polar surface area (TPSA) is 80.5 Å². The molecule has 0 radical (unpaired) electrons. The van der Waals surface area contributed by atoms with Crippen molar-refractivity contribution in [3.63, 3.8) is 0 Å². The summed E-state index contributed by atoms with van der Waals surface area (Å²) in [5.41, 5.74) is 6.19. The predicted octanol–water partition coefficient (Wildman–Crippen LogP) is 2.03. The van der Waals surface area contributed by atoms with Crippen LogP contribution in [0.25, 0.3) is 0 Å². The van der Waals surface area contributed by atoms with Crippen molar-refractivity contribution in [3.8, 4) is 0 Å². The summed E-state index contributed by atoms with van der Waals surface area (Å²) >= 11 is 3.36. The maximum Gasteiger partial charge on any atom is 0.243 e. The van der Waals surface area contributed by atoms with Crippen LogP contribution in [0.15, 0.2) is 27.6 Å². The van der Waals surface area contributed by atoms with Crippen LogP contribution in [0.4, 0.5) is 0 Å². The number of primary amides is 1. The maximum atomic E-state index is 12.8. The van der Waals surface area contributed by atoms with E-state index in [1.54, 1.807) is 18.2 Å². The molecule has 0 aromatic heterocycles. The fraction of sp³-hybridized carbons (Fsp3) is 0.500. The minimum Gasteiger partial charge on any atom is -0.369 e. The number of aryl methyl sites for hydroxylation is 1. The van der Waals surface area contributed by atoms with Gasteiger partial charge in [0.05, 0.1) is 10.8 Å². The molecule has 1 aromatic carbocycles. The molecule has 2 N–H and O–H groups in total. The molecule has 1 heterocycles. The second kappa shape index (κ2) is 6.06. The van der Waals surface area contributed by atoms with E-state index in [4.69, 9.17) is 5.73 Å². The van der Waals surface area contributed by atoms with Crippen molar-refractivity contribution in [2.45, 2.75) is 37.6 Å². The van der Waals surface area contributed by atoms with E-state index >= 15 is 0 Å². The molecule has 1 fully saturated rings. The maximum absolute atomic E-state index is 12.8. The van der Waals surface area contributed by atoms with Gasteiger partial charge in [-0.3, -0.25) is 4.79 Å². The quantitative estimate of drug-likeness (QED) is 0.878. The number of nitrogens with two attached hydrogens (primary N) is 1. The number of carbonyl (C=O) groups is 1. The van der Waals surface area contributed by atoms with Crippen LogP contribution < -0.4 is 5.73 Å². The minimum absolute atomic E-state index is 0.130. The summed E-state index contributed by atoms with van der Waals surface area (Å²) in [7, 11) is -3.61. The highest BCUT2D eigenvalue weighted by Gasteiger charge is 2.36. The molecule has 116 valence electrons. The van der Waals surface area contributed by atoms with E-state index in [9.17, 15) is 13.2 Å². The summed E-state index contributed by atoms with van der Waals surface area (Å²) in [5.74, 6) is -0.846. The fourth-order valence-electron chi connectivity index (χ4n) is 2.56. The Kier molecular flexibility index (Phi) is 4.75. The van der Waals surface area contributed by atoms with Crippen molar-refractivity contribution < 1.29 is 13.2 Å². The molecule has 2 rings (SSSR count). The van der Waals surface area contributed by atoms with Gasteiger partial charge in [-0.1, -0.05) is 15.9 Å². The van der Waals surface area contributed by atoms with Gasteiger partial charge < -0.3 is 5.73 Å². The van der Waals surface area contributed by atoms with Crippen LogP contribution >= 0.6 is 15.9 Å². The molecule has 1 aliphatic rings. The monoisotopic (exact) mass is 374 g/mol. The van der Waals surface area contributed by atoms with Crippen LogP contribution in [-0.2, 0) is 14.8 Å². The lowest BCUT2D eigenvalue weighted by Crippen LogP contribution is -2.48. The van der Waals surface area contributed by atoms with E-state index in [0.29, 0.717) is 12.8 Å². The number of piperidine rings is 1. The number of halogens is 1. The Morgan fingerprint density at radius 2 is 2.05 bits per heavy atom. The third-order valence-electron chi connectivity index (χ3n) is 3.96. The molecule has 2 unspecified atom stereocenters. The first-order valence-electron chi connectivity index (χ1n) is 6.81. The Labute approximate surface area is 133 Å². The van der Waals surface area contributed by atoms with E-state index in [-0.39, 0.29) is 17.5 Å². The Bertz CT molecular complexity index is 660. The molecule has 0 spiro atoms. The molecule has 2 atom stereocenters. The number of hydrogen-bond donors (Lipinski definition) is 1. The van der Waals surface area contributed by atoms with E-state index in [0.717, 1.165) is 10.0 Å². The third-order valence-corrected chi connectivity index (χ3v) is 6.83. The second-order valence-electron chi connectivity index (χ2n) is 5.51. The van der Waals surface area contributed by atoms with Gasteiger partial charge in [0, 0.05) is 17.1 Å². The van der Waals surface area contributed by atoms with Crippen molar-refractivity contribution in [1.82, 2.24) is 4.31 Å². The minimum atomic E-state index is -3.61. The van der Waals surface area contributed by atoms with Crippen molar-refractivity contribution in [2.75, 3.05) is 6.54 Å². The summed E-state index contributed by atoms with van der Waals surface area (Å²) in [5, 5.41) is 0. The summed E-state index contributed by atoms with van der Waals surface area (Å²) in [6, 6.07) is 4.81. The van der Waals surface area contributed by atoms with Gasteiger partial charge in [-0.25, -0.2) is 8.42 Å². The Morgan fingerprint density at radius 3 is 2.62 bits per heavy atom. The summed E-state index contributed by atoms with van der Waals surface area (Å²) in [6.07, 6.45) is 1.28. The Balaban J connectivity index is 2.36. The van der Waals surface area contributed by atoms with Gasteiger partial charge in [0.1, 0.15) is 0 Å². The Morgan fingerprint density at radius 1 is 1.38 bits per heavy atom. The zero-order valence-corrected chi connectivity index (χ0v) is 14.4. The molecule has 0 bridgehead atoms. The molecule has 1 aromatic rings. The average molecular weight is 375 g/mol. The van der Waals surface area contributed by atoms with E-state index in [1.165, 1.54) is 4.31 Å². The number of rotatable bonds is 3. The van der Waals surface area contributed by atoms with Crippen molar-refractivity contribution >= 4 is 31.9 Å². The summed E-state index contributed by atoms with van der Waals surface area (Å²) < 4.78 is 27.8. The molecular weight excluding hydrogens is 356 g/mol. The fourth-order valence-corrected chi connectivity index (χ4v) is 4.59. The molecule has 1 aliphatic heterocycles. The van der Waals surface area contributed by atoms with Crippen molar-refractivity contribution in [2.24, 2.45) is 11.7 Å². The van der Waals surface area contributed by atoms with Crippen LogP contribution in [0.3, 0.4) is 0 Å². The van der Waals surface area contributed by atoms with Gasteiger partial charge in [-0.15, -0.1) is 0 Å². The second-order valence-corrected chi connectivity index (χ2v) is 8.26. The molecule has 1 amide bonds. The van der Waals surface area contributed by atoms with E-state index in [2.05, 4.69) is 15.9 Å². The van der Waals surface area contributed by atoms with Gasteiger partial charge in [0.25, 0.3) is 0 Å². The number of benzene rings is 1. The number of hydrogen-bond acceptors (Lipinski definition) is 3. The van der Waals surface area contributed by atoms with E-state index in [1.807, 2.05) is 13.8 Å². The van der Waals surface area contributed by atoms with Gasteiger partial charge in [0.15, 0.2) is 0 Å². The first kappa shape index (κ1) is 16.5. The molecule has 0 saturated carbocycles. The van der Waals surface area contributed by atoms with Gasteiger partial charge in [-0.05, 0) is 50.5 Å². The van der Waals surface area contributed by atoms with Crippen molar-refractivity contribution in [1.29, 1.82) is 0 Å².